The summed E-state index contributed by atoms with van der Waals surface area (Å²) < 4.78 is 81.7. The predicted molar refractivity (Wildman–Crippen MR) is 65.9 cm³/mol. The van der Waals surface area contributed by atoms with Crippen molar-refractivity contribution in [2.24, 2.45) is 0 Å². The number of benzene rings is 2. The van der Waals surface area contributed by atoms with Crippen LogP contribution in [0.15, 0.2) is 60.6 Å². The molecule has 0 aliphatic carbocycles. The minimum Gasteiger partial charge on any atom is -0.428 e. The van der Waals surface area contributed by atoms with Crippen molar-refractivity contribution in [1.82, 2.24) is 0 Å². The Kier molecular flexibility index (Phi) is 4.59. The summed E-state index contributed by atoms with van der Waals surface area (Å²) in [4.78, 5) is 0. The van der Waals surface area contributed by atoms with Crippen LogP contribution in [0.3, 0.4) is 0 Å². The van der Waals surface area contributed by atoms with Gasteiger partial charge in [0.25, 0.3) is 0 Å². The van der Waals surface area contributed by atoms with Crippen molar-refractivity contribution in [1.29, 1.82) is 0 Å². The Balaban J connectivity index is 2.34. The molecule has 0 unspecified atom stereocenters. The van der Waals surface area contributed by atoms with E-state index >= 15 is 0 Å². The predicted octanol–water partition coefficient (Wildman–Crippen LogP) is 5.67. The summed E-state index contributed by atoms with van der Waals surface area (Å²) in [7, 11) is 0. The highest BCUT2D eigenvalue weighted by Crippen LogP contribution is 2.28. The quantitative estimate of drug-likeness (QED) is 0.534. The summed E-state index contributed by atoms with van der Waals surface area (Å²) >= 11 is 0. The van der Waals surface area contributed by atoms with Gasteiger partial charge in [0.05, 0.1) is 0 Å². The van der Waals surface area contributed by atoms with E-state index < -0.39 is 24.2 Å². The number of hydrogen-bond donors (Lipinski definition) is 0. The zero-order valence-corrected chi connectivity index (χ0v) is 10.5. The minimum absolute atomic E-state index is 0.248. The highest BCUT2D eigenvalue weighted by Gasteiger charge is 2.10. The topological polar surface area (TPSA) is 18.5 Å². The summed E-state index contributed by atoms with van der Waals surface area (Å²) in [5, 5.41) is 0.837. The molecule has 0 saturated carbocycles. The fraction of sp³-hybridized carbons (Fsp3) is 0. The first-order chi connectivity index (χ1) is 10.4. The zero-order valence-electron chi connectivity index (χ0n) is 10.5. The van der Waals surface area contributed by atoms with Gasteiger partial charge in [-0.1, -0.05) is 12.1 Å². The van der Waals surface area contributed by atoms with Gasteiger partial charge >= 0.3 is 24.2 Å². The SMILES string of the molecule is FC(F)=C(F)Oc1ccc2ccc(OC(F)=C(F)F)cc2c1. The summed E-state index contributed by atoms with van der Waals surface area (Å²) in [6.07, 6.45) is -5.24. The molecule has 0 atom stereocenters. The van der Waals surface area contributed by atoms with Crippen molar-refractivity contribution in [3.05, 3.63) is 60.6 Å². The van der Waals surface area contributed by atoms with Crippen LogP contribution in [-0.2, 0) is 0 Å². The number of hydrogen-bond acceptors (Lipinski definition) is 2. The summed E-state index contributed by atoms with van der Waals surface area (Å²) in [6, 6.07) is 3.51. The van der Waals surface area contributed by atoms with Crippen LogP contribution in [0.5, 0.6) is 11.5 Å². The Hall–Kier alpha value is -2.64. The lowest BCUT2D eigenvalue weighted by molar-refractivity contribution is 0.241. The molecule has 8 heteroatoms. The number of rotatable bonds is 4. The Morgan fingerprint density at radius 3 is 1.36 bits per heavy atom. The van der Waals surface area contributed by atoms with E-state index in [1.165, 1.54) is 24.3 Å². The average Bonchev–Trinajstić information content (AvgIpc) is 2.46. The van der Waals surface area contributed by atoms with E-state index in [0.29, 0.717) is 5.39 Å². The van der Waals surface area contributed by atoms with Gasteiger partial charge in [0.2, 0.25) is 0 Å². The summed E-state index contributed by atoms with van der Waals surface area (Å²) in [5.41, 5.74) is 0. The maximum absolute atomic E-state index is 12.7. The van der Waals surface area contributed by atoms with E-state index in [-0.39, 0.29) is 16.9 Å². The molecule has 0 aliphatic heterocycles. The lowest BCUT2D eigenvalue weighted by atomic mass is 10.1. The van der Waals surface area contributed by atoms with Crippen LogP contribution in [0.4, 0.5) is 26.3 Å². The van der Waals surface area contributed by atoms with Crippen molar-refractivity contribution in [3.8, 4) is 11.5 Å². The van der Waals surface area contributed by atoms with Crippen molar-refractivity contribution in [2.75, 3.05) is 0 Å². The minimum atomic E-state index is -2.62. The molecular formula is C14H6F6O2. The van der Waals surface area contributed by atoms with E-state index in [0.717, 1.165) is 12.1 Å². The molecule has 2 aromatic rings. The van der Waals surface area contributed by atoms with Crippen molar-refractivity contribution in [2.45, 2.75) is 0 Å². The third kappa shape index (κ3) is 3.72. The van der Waals surface area contributed by atoms with Crippen LogP contribution in [-0.4, -0.2) is 0 Å². The molecule has 0 saturated heterocycles. The average molecular weight is 320 g/mol. The van der Waals surface area contributed by atoms with Crippen molar-refractivity contribution < 1.29 is 35.8 Å². The standard InChI is InChI=1S/C14H6F6O2/c15-11(16)13(19)21-9-3-1-7-2-4-10(6-8(7)5-9)22-14(20)12(17)18/h1-6H. The zero-order chi connectivity index (χ0) is 16.3. The maximum Gasteiger partial charge on any atom is 0.344 e. The van der Waals surface area contributed by atoms with Crippen molar-refractivity contribution in [3.63, 3.8) is 0 Å². The van der Waals surface area contributed by atoms with Crippen LogP contribution < -0.4 is 9.47 Å². The molecular weight excluding hydrogens is 314 g/mol. The Bertz CT molecular complexity index is 700. The van der Waals surface area contributed by atoms with Gasteiger partial charge < -0.3 is 9.47 Å². The molecule has 0 bridgehead atoms. The van der Waals surface area contributed by atoms with Gasteiger partial charge in [-0.3, -0.25) is 0 Å². The fourth-order valence-electron chi connectivity index (χ4n) is 1.61. The van der Waals surface area contributed by atoms with Crippen LogP contribution in [0.2, 0.25) is 0 Å². The number of halogens is 6. The molecule has 2 nitrogen and oxygen atoms in total. The van der Waals surface area contributed by atoms with E-state index in [9.17, 15) is 26.3 Å². The van der Waals surface area contributed by atoms with Crippen LogP contribution >= 0.6 is 0 Å². The van der Waals surface area contributed by atoms with Gasteiger partial charge in [0, 0.05) is 0 Å². The lowest BCUT2D eigenvalue weighted by Crippen LogP contribution is -1.92. The lowest BCUT2D eigenvalue weighted by Gasteiger charge is -2.06. The summed E-state index contributed by atoms with van der Waals surface area (Å²) in [5.74, 6) is -0.495. The normalized spacial score (nSPS) is 10.3. The second-order valence-electron chi connectivity index (χ2n) is 3.94. The molecule has 2 aromatic carbocycles. The molecule has 0 spiro atoms. The van der Waals surface area contributed by atoms with E-state index in [1.807, 2.05) is 0 Å². The van der Waals surface area contributed by atoms with Crippen LogP contribution in [0.1, 0.15) is 0 Å². The molecule has 0 aliphatic rings. The van der Waals surface area contributed by atoms with E-state index in [1.54, 1.807) is 0 Å². The molecule has 116 valence electrons. The van der Waals surface area contributed by atoms with Gasteiger partial charge in [-0.2, -0.15) is 26.3 Å². The second-order valence-corrected chi connectivity index (χ2v) is 3.94. The third-order valence-corrected chi connectivity index (χ3v) is 2.50. The fourth-order valence-corrected chi connectivity index (χ4v) is 1.61. The summed E-state index contributed by atoms with van der Waals surface area (Å²) in [6.45, 7) is 0. The first-order valence-corrected chi connectivity index (χ1v) is 5.68. The number of ether oxygens (including phenoxy) is 2. The largest absolute Gasteiger partial charge is 0.428 e. The maximum atomic E-state index is 12.7. The Morgan fingerprint density at radius 2 is 1.00 bits per heavy atom. The highest BCUT2D eigenvalue weighted by atomic mass is 19.3. The van der Waals surface area contributed by atoms with Crippen LogP contribution in [0.25, 0.3) is 10.8 Å². The van der Waals surface area contributed by atoms with E-state index in [2.05, 4.69) is 9.47 Å². The molecule has 0 heterocycles. The molecule has 0 N–H and O–H groups in total. The molecule has 22 heavy (non-hydrogen) atoms. The first-order valence-electron chi connectivity index (χ1n) is 5.68. The molecule has 0 fully saturated rings. The second kappa shape index (κ2) is 6.42. The monoisotopic (exact) mass is 320 g/mol. The molecule has 0 aromatic heterocycles. The smallest absolute Gasteiger partial charge is 0.344 e. The van der Waals surface area contributed by atoms with Gasteiger partial charge in [-0.15, -0.1) is 0 Å². The van der Waals surface area contributed by atoms with Gasteiger partial charge in [-0.25, -0.2) is 0 Å². The van der Waals surface area contributed by atoms with Crippen LogP contribution in [0, 0.1) is 0 Å². The van der Waals surface area contributed by atoms with Gasteiger partial charge in [0.15, 0.2) is 0 Å². The molecule has 0 radical (unpaired) electrons. The van der Waals surface area contributed by atoms with E-state index in [4.69, 9.17) is 0 Å². The molecule has 0 amide bonds. The van der Waals surface area contributed by atoms with Gasteiger partial charge in [-0.05, 0) is 35.0 Å². The van der Waals surface area contributed by atoms with Crippen molar-refractivity contribution >= 4 is 10.8 Å². The number of fused-ring (bicyclic) bond motifs is 1. The Labute approximate surface area is 119 Å². The van der Waals surface area contributed by atoms with Gasteiger partial charge in [0.1, 0.15) is 11.5 Å². The molecule has 2 rings (SSSR count). The third-order valence-electron chi connectivity index (χ3n) is 2.50. The highest BCUT2D eigenvalue weighted by molar-refractivity contribution is 5.85. The first kappa shape index (κ1) is 15.7. The Morgan fingerprint density at radius 1 is 0.591 bits per heavy atom.